The molecule has 1 amide bonds. The van der Waals surface area contributed by atoms with E-state index in [9.17, 15) is 4.79 Å². The monoisotopic (exact) mass is 412 g/mol. The number of fused-ring (bicyclic) bond motifs is 1. The molecule has 158 valence electrons. The Hall–Kier alpha value is -3.47. The van der Waals surface area contributed by atoms with Crippen LogP contribution in [0.15, 0.2) is 73.1 Å². The molecule has 0 bridgehead atoms. The smallest absolute Gasteiger partial charge is 0.253 e. The van der Waals surface area contributed by atoms with Gasteiger partial charge in [-0.05, 0) is 54.7 Å². The molecule has 5 heteroatoms. The third kappa shape index (κ3) is 4.50. The highest BCUT2D eigenvalue weighted by Gasteiger charge is 2.19. The van der Waals surface area contributed by atoms with Gasteiger partial charge in [-0.3, -0.25) is 9.78 Å². The molecule has 2 unspecified atom stereocenters. The van der Waals surface area contributed by atoms with Crippen LogP contribution in [0.25, 0.3) is 11.0 Å². The Labute approximate surface area is 183 Å². The number of amides is 1. The van der Waals surface area contributed by atoms with E-state index in [2.05, 4.69) is 59.0 Å². The number of carbonyl (C=O) groups excluding carboxylic acids is 1. The summed E-state index contributed by atoms with van der Waals surface area (Å²) >= 11 is 0. The van der Waals surface area contributed by atoms with Crippen molar-refractivity contribution in [2.24, 2.45) is 0 Å². The lowest BCUT2D eigenvalue weighted by atomic mass is 9.97. The second-order valence-electron chi connectivity index (χ2n) is 8.03. The van der Waals surface area contributed by atoms with Crippen LogP contribution in [-0.2, 0) is 6.54 Å². The maximum atomic E-state index is 12.7. The maximum Gasteiger partial charge on any atom is 0.253 e. The predicted octanol–water partition coefficient (Wildman–Crippen LogP) is 5.48. The van der Waals surface area contributed by atoms with Gasteiger partial charge in [0.2, 0.25) is 0 Å². The third-order valence-electron chi connectivity index (χ3n) is 5.84. The van der Waals surface area contributed by atoms with Crippen LogP contribution in [0, 0.1) is 0 Å². The molecular formula is C26H28N4O. The van der Waals surface area contributed by atoms with Gasteiger partial charge in [0.1, 0.15) is 5.82 Å². The fourth-order valence-electron chi connectivity index (χ4n) is 3.80. The first kappa shape index (κ1) is 20.8. The average Bonchev–Trinajstić information content (AvgIpc) is 3.18. The van der Waals surface area contributed by atoms with Crippen molar-refractivity contribution in [1.82, 2.24) is 19.9 Å². The summed E-state index contributed by atoms with van der Waals surface area (Å²) in [5.74, 6) is 1.24. The summed E-state index contributed by atoms with van der Waals surface area (Å²) in [6.45, 7) is 7.13. The second kappa shape index (κ2) is 9.13. The zero-order chi connectivity index (χ0) is 21.8. The van der Waals surface area contributed by atoms with Crippen molar-refractivity contribution in [2.45, 2.75) is 45.7 Å². The number of hydrogen-bond acceptors (Lipinski definition) is 3. The summed E-state index contributed by atoms with van der Waals surface area (Å²) < 4.78 is 2.20. The van der Waals surface area contributed by atoms with Gasteiger partial charge in [0.25, 0.3) is 5.91 Å². The van der Waals surface area contributed by atoms with Crippen LogP contribution < -0.4 is 5.32 Å². The normalized spacial score (nSPS) is 13.1. The zero-order valence-corrected chi connectivity index (χ0v) is 18.2. The number of aromatic nitrogens is 3. The van der Waals surface area contributed by atoms with Gasteiger partial charge in [-0.2, -0.15) is 0 Å². The van der Waals surface area contributed by atoms with Gasteiger partial charge in [-0.1, -0.05) is 50.2 Å². The van der Waals surface area contributed by atoms with E-state index in [1.807, 2.05) is 25.1 Å². The minimum absolute atomic E-state index is 0.155. The van der Waals surface area contributed by atoms with E-state index in [0.717, 1.165) is 23.3 Å². The first-order valence-electron chi connectivity index (χ1n) is 10.8. The molecule has 31 heavy (non-hydrogen) atoms. The molecule has 0 aliphatic heterocycles. The number of carbonyl (C=O) groups is 1. The van der Waals surface area contributed by atoms with E-state index in [1.165, 1.54) is 11.1 Å². The Bertz CT molecular complexity index is 1170. The van der Waals surface area contributed by atoms with Crippen LogP contribution in [0.4, 0.5) is 0 Å². The van der Waals surface area contributed by atoms with Crippen molar-refractivity contribution in [3.8, 4) is 0 Å². The molecule has 0 spiro atoms. The van der Waals surface area contributed by atoms with Crippen LogP contribution >= 0.6 is 0 Å². The quantitative estimate of drug-likeness (QED) is 0.437. The van der Waals surface area contributed by atoms with E-state index < -0.39 is 0 Å². The molecule has 4 aromatic rings. The van der Waals surface area contributed by atoms with E-state index in [4.69, 9.17) is 4.98 Å². The topological polar surface area (TPSA) is 59.8 Å². The number of benzene rings is 2. The molecule has 2 atom stereocenters. The van der Waals surface area contributed by atoms with E-state index >= 15 is 0 Å². The lowest BCUT2D eigenvalue weighted by Gasteiger charge is -2.17. The highest BCUT2D eigenvalue weighted by molar-refractivity contribution is 5.94. The molecule has 5 nitrogen and oxygen atoms in total. The minimum atomic E-state index is -0.250. The molecule has 0 aliphatic rings. The van der Waals surface area contributed by atoms with E-state index in [1.54, 1.807) is 24.5 Å². The highest BCUT2D eigenvalue weighted by Crippen LogP contribution is 2.24. The van der Waals surface area contributed by atoms with Gasteiger partial charge >= 0.3 is 0 Å². The Morgan fingerprint density at radius 2 is 1.81 bits per heavy atom. The molecule has 4 rings (SSSR count). The highest BCUT2D eigenvalue weighted by atomic mass is 16.1. The van der Waals surface area contributed by atoms with Gasteiger partial charge in [-0.15, -0.1) is 0 Å². The van der Waals surface area contributed by atoms with Crippen LogP contribution in [0.1, 0.15) is 66.5 Å². The van der Waals surface area contributed by atoms with Gasteiger partial charge in [0.15, 0.2) is 0 Å². The van der Waals surface area contributed by atoms with Crippen molar-refractivity contribution in [2.75, 3.05) is 0 Å². The number of nitrogens with zero attached hydrogens (tertiary/aromatic N) is 3. The van der Waals surface area contributed by atoms with Crippen molar-refractivity contribution < 1.29 is 4.79 Å². The second-order valence-corrected chi connectivity index (χ2v) is 8.03. The van der Waals surface area contributed by atoms with Crippen molar-refractivity contribution in [1.29, 1.82) is 0 Å². The van der Waals surface area contributed by atoms with Crippen LogP contribution in [0.3, 0.4) is 0 Å². The maximum absolute atomic E-state index is 12.7. The summed E-state index contributed by atoms with van der Waals surface area (Å²) in [6.07, 6.45) is 4.36. The zero-order valence-electron chi connectivity index (χ0n) is 18.2. The number of nitrogens with one attached hydrogen (secondary N) is 1. The summed E-state index contributed by atoms with van der Waals surface area (Å²) in [6, 6.07) is 20.2. The minimum Gasteiger partial charge on any atom is -0.342 e. The standard InChI is InChI=1S/C26H28N4O/c1-4-18(2)21-13-11-20(12-14-21)17-30-24-10-6-5-9-23(24)29-25(30)19(3)28-26(31)22-8-7-15-27-16-22/h5-16,18-19H,4,17H2,1-3H3,(H,28,31). The molecule has 2 heterocycles. The third-order valence-corrected chi connectivity index (χ3v) is 5.84. The summed E-state index contributed by atoms with van der Waals surface area (Å²) in [4.78, 5) is 21.5. The molecule has 0 saturated heterocycles. The van der Waals surface area contributed by atoms with Crippen LogP contribution in [0.5, 0.6) is 0 Å². The van der Waals surface area contributed by atoms with Crippen molar-refractivity contribution >= 4 is 16.9 Å². The van der Waals surface area contributed by atoms with Gasteiger partial charge in [-0.25, -0.2) is 4.98 Å². The molecule has 2 aromatic carbocycles. The molecule has 0 radical (unpaired) electrons. The van der Waals surface area contributed by atoms with Gasteiger partial charge < -0.3 is 9.88 Å². The largest absolute Gasteiger partial charge is 0.342 e. The van der Waals surface area contributed by atoms with Crippen molar-refractivity contribution in [3.63, 3.8) is 0 Å². The summed E-state index contributed by atoms with van der Waals surface area (Å²) in [5.41, 5.74) is 5.10. The summed E-state index contributed by atoms with van der Waals surface area (Å²) in [5, 5.41) is 3.07. The van der Waals surface area contributed by atoms with E-state index in [0.29, 0.717) is 18.0 Å². The van der Waals surface area contributed by atoms with Crippen molar-refractivity contribution in [3.05, 3.63) is 95.6 Å². The Morgan fingerprint density at radius 1 is 1.03 bits per heavy atom. The predicted molar refractivity (Wildman–Crippen MR) is 124 cm³/mol. The number of pyridine rings is 1. The lowest BCUT2D eigenvalue weighted by molar-refractivity contribution is 0.0937. The molecule has 2 aromatic heterocycles. The SMILES string of the molecule is CCC(C)c1ccc(Cn2c(C(C)NC(=O)c3cccnc3)nc3ccccc32)cc1. The number of hydrogen-bond donors (Lipinski definition) is 1. The Morgan fingerprint density at radius 3 is 2.52 bits per heavy atom. The van der Waals surface area contributed by atoms with Gasteiger partial charge in [0, 0.05) is 18.9 Å². The van der Waals surface area contributed by atoms with Crippen LogP contribution in [0.2, 0.25) is 0 Å². The summed E-state index contributed by atoms with van der Waals surface area (Å²) in [7, 11) is 0. The number of imidazole rings is 1. The first-order chi connectivity index (χ1) is 15.1. The molecule has 0 fully saturated rings. The molecule has 1 N–H and O–H groups in total. The molecule has 0 saturated carbocycles. The lowest BCUT2D eigenvalue weighted by Crippen LogP contribution is -2.29. The van der Waals surface area contributed by atoms with E-state index in [-0.39, 0.29) is 11.9 Å². The molecular weight excluding hydrogens is 384 g/mol. The first-order valence-corrected chi connectivity index (χ1v) is 10.8. The Kier molecular flexibility index (Phi) is 6.12. The van der Waals surface area contributed by atoms with Crippen LogP contribution in [-0.4, -0.2) is 20.4 Å². The average molecular weight is 413 g/mol. The molecule has 0 aliphatic carbocycles. The Balaban J connectivity index is 1.63. The fourth-order valence-corrected chi connectivity index (χ4v) is 3.80. The van der Waals surface area contributed by atoms with Gasteiger partial charge in [0.05, 0.1) is 22.6 Å². The number of para-hydroxylation sites is 2. The fraction of sp³-hybridized carbons (Fsp3) is 0.269. The number of rotatable bonds is 7.